The third-order valence-corrected chi connectivity index (χ3v) is 6.06. The standard InChI is InChI=1S/C24H22F6N8O3/c1-41-9-11(35-17-8-34-37-22(39)18(17)24(28,29)30)3-2-4-38-10-33-16-6-12(15(25)5-13(16)23(38)40)21-32-7-14(19(26)27)20(31)36-21/h5-8,10-11,19H,2-4,9H2,1H3,(H2,31,32,36)(H2,35,37,39)/t11-/m1/s1. The zero-order valence-corrected chi connectivity index (χ0v) is 21.2. The van der Waals surface area contributed by atoms with Crippen molar-refractivity contribution in [3.8, 4) is 11.4 Å². The molecule has 0 unspecified atom stereocenters. The molecular weight excluding hydrogens is 562 g/mol. The molecule has 1 aromatic carbocycles. The quantitative estimate of drug-likeness (QED) is 0.238. The molecule has 17 heteroatoms. The van der Waals surface area contributed by atoms with Crippen molar-refractivity contribution >= 4 is 22.4 Å². The van der Waals surface area contributed by atoms with Crippen LogP contribution >= 0.6 is 0 Å². The molecule has 0 fully saturated rings. The number of nitrogens with one attached hydrogen (secondary N) is 2. The minimum atomic E-state index is -4.93. The molecule has 0 spiro atoms. The first-order chi connectivity index (χ1) is 19.4. The number of hydrogen-bond donors (Lipinski definition) is 3. The van der Waals surface area contributed by atoms with Gasteiger partial charge in [-0.15, -0.1) is 0 Å². The monoisotopic (exact) mass is 584 g/mol. The number of nitrogen functional groups attached to an aromatic ring is 1. The number of H-pyrrole nitrogens is 1. The van der Waals surface area contributed by atoms with Gasteiger partial charge in [-0.2, -0.15) is 18.3 Å². The SMILES string of the molecule is COC[C@@H](CCCn1cnc2cc(-c3ncc(C(F)F)c(N)n3)c(F)cc2c1=O)Nc1cn[nH]c(=O)c1C(F)(F)F. The van der Waals surface area contributed by atoms with E-state index in [9.17, 15) is 35.9 Å². The highest BCUT2D eigenvalue weighted by Crippen LogP contribution is 2.32. The van der Waals surface area contributed by atoms with Crippen LogP contribution in [0.15, 0.2) is 40.4 Å². The van der Waals surface area contributed by atoms with Crippen LogP contribution in [0.3, 0.4) is 0 Å². The first kappa shape index (κ1) is 29.4. The fourth-order valence-corrected chi connectivity index (χ4v) is 4.13. The number of methoxy groups -OCH3 is 1. The topological polar surface area (TPSA) is 154 Å². The number of halogens is 6. The molecule has 0 bridgehead atoms. The van der Waals surface area contributed by atoms with Crippen LogP contribution in [-0.2, 0) is 17.5 Å². The number of fused-ring (bicyclic) bond motifs is 1. The van der Waals surface area contributed by atoms with Crippen molar-refractivity contribution in [1.29, 1.82) is 0 Å². The fourth-order valence-electron chi connectivity index (χ4n) is 4.13. The predicted octanol–water partition coefficient (Wildman–Crippen LogP) is 3.52. The van der Waals surface area contributed by atoms with E-state index in [0.29, 0.717) is 0 Å². The summed E-state index contributed by atoms with van der Waals surface area (Å²) in [5, 5.41) is 7.72. The molecule has 4 aromatic rings. The molecule has 218 valence electrons. The second-order valence-electron chi connectivity index (χ2n) is 8.85. The molecule has 3 heterocycles. The van der Waals surface area contributed by atoms with Gasteiger partial charge in [-0.1, -0.05) is 0 Å². The number of rotatable bonds is 10. The molecule has 3 aromatic heterocycles. The molecule has 4 rings (SSSR count). The Labute approximate surface area is 226 Å². The number of anilines is 2. The Hall–Kier alpha value is -4.54. The van der Waals surface area contributed by atoms with Crippen molar-refractivity contribution in [2.75, 3.05) is 24.8 Å². The maximum atomic E-state index is 14.9. The van der Waals surface area contributed by atoms with Gasteiger partial charge in [0.15, 0.2) is 5.82 Å². The van der Waals surface area contributed by atoms with E-state index in [1.807, 2.05) is 0 Å². The second kappa shape index (κ2) is 11.9. The van der Waals surface area contributed by atoms with Crippen molar-refractivity contribution < 1.29 is 31.1 Å². The summed E-state index contributed by atoms with van der Waals surface area (Å²) < 4.78 is 87.2. The molecule has 0 amide bonds. The van der Waals surface area contributed by atoms with Crippen LogP contribution in [0.25, 0.3) is 22.3 Å². The number of ether oxygens (including phenoxy) is 1. The molecule has 1 atom stereocenters. The second-order valence-corrected chi connectivity index (χ2v) is 8.85. The van der Waals surface area contributed by atoms with Crippen molar-refractivity contribution in [2.24, 2.45) is 0 Å². The average molecular weight is 584 g/mol. The van der Waals surface area contributed by atoms with Crippen molar-refractivity contribution in [1.82, 2.24) is 29.7 Å². The van der Waals surface area contributed by atoms with Gasteiger partial charge in [0.2, 0.25) is 0 Å². The van der Waals surface area contributed by atoms with E-state index in [2.05, 4.69) is 25.4 Å². The molecule has 41 heavy (non-hydrogen) atoms. The van der Waals surface area contributed by atoms with Gasteiger partial charge >= 0.3 is 6.18 Å². The van der Waals surface area contributed by atoms with Gasteiger partial charge in [0.05, 0.1) is 46.8 Å². The lowest BCUT2D eigenvalue weighted by molar-refractivity contribution is -0.138. The summed E-state index contributed by atoms with van der Waals surface area (Å²) in [4.78, 5) is 36.4. The lowest BCUT2D eigenvalue weighted by Crippen LogP contribution is -2.31. The van der Waals surface area contributed by atoms with Gasteiger partial charge in [-0.05, 0) is 25.0 Å². The highest BCUT2D eigenvalue weighted by atomic mass is 19.4. The highest BCUT2D eigenvalue weighted by Gasteiger charge is 2.37. The van der Waals surface area contributed by atoms with Crippen LogP contribution in [0.2, 0.25) is 0 Å². The zero-order valence-electron chi connectivity index (χ0n) is 21.2. The van der Waals surface area contributed by atoms with E-state index in [-0.39, 0.29) is 48.3 Å². The average Bonchev–Trinajstić information content (AvgIpc) is 2.89. The predicted molar refractivity (Wildman–Crippen MR) is 135 cm³/mol. The van der Waals surface area contributed by atoms with E-state index < -0.39 is 58.2 Å². The summed E-state index contributed by atoms with van der Waals surface area (Å²) >= 11 is 0. The molecule has 0 saturated heterocycles. The van der Waals surface area contributed by atoms with Gasteiger partial charge < -0.3 is 15.8 Å². The first-order valence-electron chi connectivity index (χ1n) is 11.9. The Kier molecular flexibility index (Phi) is 8.55. The summed E-state index contributed by atoms with van der Waals surface area (Å²) in [6.45, 7) is 0.0509. The maximum absolute atomic E-state index is 14.9. The van der Waals surface area contributed by atoms with Gasteiger partial charge in [-0.25, -0.2) is 33.2 Å². The number of aromatic nitrogens is 6. The number of nitrogens with zero attached hydrogens (tertiary/aromatic N) is 5. The number of nitrogens with two attached hydrogens (primary N) is 1. The molecule has 0 aliphatic heterocycles. The van der Waals surface area contributed by atoms with Crippen LogP contribution < -0.4 is 22.2 Å². The molecule has 0 radical (unpaired) electrons. The number of aryl methyl sites for hydroxylation is 1. The third kappa shape index (κ3) is 6.45. The smallest absolute Gasteiger partial charge is 0.383 e. The van der Waals surface area contributed by atoms with Crippen LogP contribution in [0, 0.1) is 5.82 Å². The Balaban J connectivity index is 1.52. The highest BCUT2D eigenvalue weighted by molar-refractivity contribution is 5.82. The first-order valence-corrected chi connectivity index (χ1v) is 11.9. The fraction of sp³-hybridized carbons (Fsp3) is 0.333. The van der Waals surface area contributed by atoms with Gasteiger partial charge in [0.1, 0.15) is 17.2 Å². The van der Waals surface area contributed by atoms with Crippen molar-refractivity contribution in [3.05, 3.63) is 68.5 Å². The van der Waals surface area contributed by atoms with E-state index >= 15 is 0 Å². The number of hydrogen-bond acceptors (Lipinski definition) is 9. The van der Waals surface area contributed by atoms with E-state index in [1.165, 1.54) is 24.1 Å². The zero-order chi connectivity index (χ0) is 29.9. The molecule has 11 nitrogen and oxygen atoms in total. The Morgan fingerprint density at radius 2 is 1.93 bits per heavy atom. The molecule has 0 aliphatic rings. The summed E-state index contributed by atoms with van der Waals surface area (Å²) in [6, 6.07) is 1.43. The van der Waals surface area contributed by atoms with Crippen LogP contribution in [0.1, 0.15) is 30.4 Å². The Morgan fingerprint density at radius 1 is 1.17 bits per heavy atom. The normalized spacial score (nSPS) is 12.7. The van der Waals surface area contributed by atoms with Crippen molar-refractivity contribution in [3.63, 3.8) is 0 Å². The third-order valence-electron chi connectivity index (χ3n) is 6.06. The van der Waals surface area contributed by atoms with Crippen LogP contribution in [0.5, 0.6) is 0 Å². The van der Waals surface area contributed by atoms with E-state index in [0.717, 1.165) is 18.5 Å². The largest absolute Gasteiger partial charge is 0.423 e. The van der Waals surface area contributed by atoms with Crippen molar-refractivity contribution in [2.45, 2.75) is 38.0 Å². The summed E-state index contributed by atoms with van der Waals surface area (Å²) in [6.07, 6.45) is -4.52. The van der Waals surface area contributed by atoms with Gasteiger partial charge in [0.25, 0.3) is 17.5 Å². The van der Waals surface area contributed by atoms with Gasteiger partial charge in [0, 0.05) is 25.9 Å². The minimum Gasteiger partial charge on any atom is -0.383 e. The maximum Gasteiger partial charge on any atom is 0.423 e. The van der Waals surface area contributed by atoms with Gasteiger partial charge in [-0.3, -0.25) is 14.2 Å². The summed E-state index contributed by atoms with van der Waals surface area (Å²) in [7, 11) is 1.35. The Morgan fingerprint density at radius 3 is 2.59 bits per heavy atom. The molecular formula is C24H22F6N8O3. The number of aromatic amines is 1. The molecule has 0 saturated carbocycles. The number of alkyl halides is 5. The molecule has 4 N–H and O–H groups in total. The van der Waals surface area contributed by atoms with E-state index in [4.69, 9.17) is 10.5 Å². The van der Waals surface area contributed by atoms with Crippen LogP contribution in [-0.4, -0.2) is 49.5 Å². The Bertz CT molecular complexity index is 1670. The summed E-state index contributed by atoms with van der Waals surface area (Å²) in [5.41, 5.74) is 0.869. The molecule has 0 aliphatic carbocycles. The number of benzene rings is 1. The minimum absolute atomic E-state index is 0.0200. The van der Waals surface area contributed by atoms with Crippen LogP contribution in [0.4, 0.5) is 37.8 Å². The van der Waals surface area contributed by atoms with E-state index in [1.54, 1.807) is 5.10 Å². The summed E-state index contributed by atoms with van der Waals surface area (Å²) in [5.74, 6) is -1.69. The lowest BCUT2D eigenvalue weighted by Gasteiger charge is -2.21. The lowest BCUT2D eigenvalue weighted by atomic mass is 10.1.